The Balaban J connectivity index is 1.26. The summed E-state index contributed by atoms with van der Waals surface area (Å²) in [5, 5.41) is 2.59. The van der Waals surface area contributed by atoms with E-state index in [0.29, 0.717) is 0 Å². The Hall–Kier alpha value is -5.40. The maximum absolute atomic E-state index is 6.53. The van der Waals surface area contributed by atoms with Crippen LogP contribution in [-0.4, -0.2) is 0 Å². The molecule has 2 atom stereocenters. The van der Waals surface area contributed by atoms with Crippen LogP contribution in [0.15, 0.2) is 158 Å². The van der Waals surface area contributed by atoms with Crippen LogP contribution in [0.4, 0.5) is 0 Å². The molecular weight excluding hydrogens is 544 g/mol. The number of benzene rings is 7. The van der Waals surface area contributed by atoms with Gasteiger partial charge in [0.25, 0.3) is 0 Å². The van der Waals surface area contributed by atoms with Crippen LogP contribution in [0.3, 0.4) is 0 Å². The average molecular weight is 577 g/mol. The third kappa shape index (κ3) is 3.61. The second-order valence-corrected chi connectivity index (χ2v) is 12.8. The summed E-state index contributed by atoms with van der Waals surface area (Å²) in [5.41, 5.74) is 12.1. The largest absolute Gasteiger partial charge is 0.457 e. The minimum atomic E-state index is -0.355. The minimum absolute atomic E-state index is 0.277. The Morgan fingerprint density at radius 3 is 1.76 bits per heavy atom. The van der Waals surface area contributed by atoms with Crippen LogP contribution < -0.4 is 4.74 Å². The lowest BCUT2D eigenvalue weighted by Gasteiger charge is -2.38. The van der Waals surface area contributed by atoms with Gasteiger partial charge in [-0.2, -0.15) is 0 Å². The zero-order valence-corrected chi connectivity index (χ0v) is 25.4. The van der Waals surface area contributed by atoms with E-state index in [0.717, 1.165) is 11.5 Å². The molecule has 0 fully saturated rings. The van der Waals surface area contributed by atoms with Crippen LogP contribution in [-0.2, 0) is 10.8 Å². The molecule has 1 heterocycles. The molecule has 2 unspecified atom stereocenters. The molecule has 0 radical (unpaired) electrons. The Morgan fingerprint density at radius 1 is 0.422 bits per heavy atom. The summed E-state index contributed by atoms with van der Waals surface area (Å²) in [7, 11) is 0. The van der Waals surface area contributed by atoms with Crippen molar-refractivity contribution in [1.29, 1.82) is 0 Å². The number of rotatable bonds is 3. The second-order valence-electron chi connectivity index (χ2n) is 12.8. The molecule has 0 N–H and O–H groups in total. The highest BCUT2D eigenvalue weighted by Gasteiger charge is 2.42. The second kappa shape index (κ2) is 9.55. The first-order chi connectivity index (χ1) is 22.1. The van der Waals surface area contributed by atoms with Gasteiger partial charge in [-0.1, -0.05) is 133 Å². The van der Waals surface area contributed by atoms with E-state index in [2.05, 4.69) is 172 Å². The van der Waals surface area contributed by atoms with Crippen molar-refractivity contribution in [1.82, 2.24) is 0 Å². The Kier molecular flexibility index (Phi) is 5.53. The zero-order valence-electron chi connectivity index (χ0n) is 25.4. The Labute approximate surface area is 264 Å². The first kappa shape index (κ1) is 26.0. The van der Waals surface area contributed by atoms with E-state index in [-0.39, 0.29) is 10.8 Å². The fourth-order valence-corrected chi connectivity index (χ4v) is 8.07. The summed E-state index contributed by atoms with van der Waals surface area (Å²) in [6, 6.07) is 57.5. The molecule has 1 aliphatic heterocycles. The van der Waals surface area contributed by atoms with Gasteiger partial charge in [-0.25, -0.2) is 0 Å². The standard InChI is InChI=1S/C44H32O/c1-43(32-14-5-3-6-15-32)36-19-11-12-20-40(36)45-41-26-23-31(28-39(41)43)30-21-24-35-38(27-30)44(2,33-16-7-4-8-17-33)37-25-22-29-13-9-10-18-34(29)42(35)37/h3-28H,1-2H3. The third-order valence-corrected chi connectivity index (χ3v) is 10.5. The Morgan fingerprint density at radius 2 is 1.00 bits per heavy atom. The monoisotopic (exact) mass is 576 g/mol. The van der Waals surface area contributed by atoms with Crippen LogP contribution in [0, 0.1) is 0 Å². The van der Waals surface area contributed by atoms with E-state index < -0.39 is 0 Å². The number of ether oxygens (including phenoxy) is 1. The van der Waals surface area contributed by atoms with Crippen LogP contribution in [0.1, 0.15) is 47.2 Å². The molecule has 1 heteroatoms. The molecule has 2 aliphatic rings. The third-order valence-electron chi connectivity index (χ3n) is 10.5. The first-order valence-electron chi connectivity index (χ1n) is 15.8. The highest BCUT2D eigenvalue weighted by Crippen LogP contribution is 2.56. The fraction of sp³-hybridized carbons (Fsp3) is 0.0909. The molecule has 45 heavy (non-hydrogen) atoms. The van der Waals surface area contributed by atoms with E-state index in [1.807, 2.05) is 0 Å². The van der Waals surface area contributed by atoms with Gasteiger partial charge in [-0.05, 0) is 93.4 Å². The fourth-order valence-electron chi connectivity index (χ4n) is 8.07. The smallest absolute Gasteiger partial charge is 0.131 e. The molecule has 1 nitrogen and oxygen atoms in total. The van der Waals surface area contributed by atoms with Crippen molar-refractivity contribution in [2.24, 2.45) is 0 Å². The van der Waals surface area contributed by atoms with Crippen molar-refractivity contribution in [2.75, 3.05) is 0 Å². The van der Waals surface area contributed by atoms with E-state index in [4.69, 9.17) is 4.74 Å². The van der Waals surface area contributed by atoms with Crippen LogP contribution in [0.25, 0.3) is 33.0 Å². The first-order valence-corrected chi connectivity index (χ1v) is 15.8. The number of fused-ring (bicyclic) bond motifs is 7. The van der Waals surface area contributed by atoms with Gasteiger partial charge >= 0.3 is 0 Å². The predicted molar refractivity (Wildman–Crippen MR) is 185 cm³/mol. The summed E-state index contributed by atoms with van der Waals surface area (Å²) < 4.78 is 6.53. The van der Waals surface area contributed by atoms with E-state index in [9.17, 15) is 0 Å². The molecule has 1 aliphatic carbocycles. The van der Waals surface area contributed by atoms with Gasteiger partial charge in [-0.15, -0.1) is 0 Å². The summed E-state index contributed by atoms with van der Waals surface area (Å²) >= 11 is 0. The molecule has 0 amide bonds. The van der Waals surface area contributed by atoms with Gasteiger partial charge in [0, 0.05) is 22.0 Å². The zero-order chi connectivity index (χ0) is 30.2. The number of hydrogen-bond donors (Lipinski definition) is 0. The van der Waals surface area contributed by atoms with Crippen LogP contribution in [0.2, 0.25) is 0 Å². The number of para-hydroxylation sites is 1. The van der Waals surface area contributed by atoms with Gasteiger partial charge in [-0.3, -0.25) is 0 Å². The van der Waals surface area contributed by atoms with Crippen molar-refractivity contribution in [3.05, 3.63) is 191 Å². The van der Waals surface area contributed by atoms with Gasteiger partial charge in [0.1, 0.15) is 11.5 Å². The van der Waals surface area contributed by atoms with Gasteiger partial charge in [0.15, 0.2) is 0 Å². The maximum atomic E-state index is 6.53. The SMILES string of the molecule is CC1(c2ccccc2)c2ccccc2Oc2ccc(-c3ccc4c(c3)C(C)(c3ccccc3)c3ccc5ccccc5c3-4)cc21. The molecule has 0 aromatic heterocycles. The lowest BCUT2D eigenvalue weighted by molar-refractivity contribution is 0.427. The van der Waals surface area contributed by atoms with Crippen molar-refractivity contribution in [2.45, 2.75) is 24.7 Å². The number of hydrogen-bond acceptors (Lipinski definition) is 1. The maximum Gasteiger partial charge on any atom is 0.131 e. The average Bonchev–Trinajstić information content (AvgIpc) is 3.37. The van der Waals surface area contributed by atoms with Crippen molar-refractivity contribution in [3.8, 4) is 33.8 Å². The van der Waals surface area contributed by atoms with Crippen molar-refractivity contribution in [3.63, 3.8) is 0 Å². The van der Waals surface area contributed by atoms with Gasteiger partial charge in [0.05, 0.1) is 0 Å². The summed E-state index contributed by atoms with van der Waals surface area (Å²) in [4.78, 5) is 0. The van der Waals surface area contributed by atoms with Crippen molar-refractivity contribution < 1.29 is 4.74 Å². The lowest BCUT2D eigenvalue weighted by atomic mass is 9.69. The molecule has 0 bridgehead atoms. The van der Waals surface area contributed by atoms with Crippen molar-refractivity contribution >= 4 is 10.8 Å². The van der Waals surface area contributed by atoms with E-state index in [1.165, 1.54) is 66.4 Å². The normalized spacial score (nSPS) is 19.2. The minimum Gasteiger partial charge on any atom is -0.457 e. The molecule has 9 rings (SSSR count). The van der Waals surface area contributed by atoms with Gasteiger partial charge < -0.3 is 4.74 Å². The quantitative estimate of drug-likeness (QED) is 0.203. The molecule has 0 saturated heterocycles. The molecule has 0 saturated carbocycles. The topological polar surface area (TPSA) is 9.23 Å². The lowest BCUT2D eigenvalue weighted by Crippen LogP contribution is -2.29. The highest BCUT2D eigenvalue weighted by atomic mass is 16.5. The molecule has 214 valence electrons. The molecular formula is C44H32O. The molecule has 7 aromatic carbocycles. The van der Waals surface area contributed by atoms with Crippen LogP contribution >= 0.6 is 0 Å². The Bertz CT molecular complexity index is 2270. The highest BCUT2D eigenvalue weighted by molar-refractivity contribution is 6.03. The van der Waals surface area contributed by atoms with E-state index in [1.54, 1.807) is 0 Å². The summed E-state index contributed by atoms with van der Waals surface area (Å²) in [5.74, 6) is 1.84. The molecule has 7 aromatic rings. The summed E-state index contributed by atoms with van der Waals surface area (Å²) in [6.07, 6.45) is 0. The summed E-state index contributed by atoms with van der Waals surface area (Å²) in [6.45, 7) is 4.73. The van der Waals surface area contributed by atoms with Crippen LogP contribution in [0.5, 0.6) is 11.5 Å². The van der Waals surface area contributed by atoms with Gasteiger partial charge in [0.2, 0.25) is 0 Å². The molecule has 0 spiro atoms. The predicted octanol–water partition coefficient (Wildman–Crippen LogP) is 11.3. The van der Waals surface area contributed by atoms with E-state index >= 15 is 0 Å².